The van der Waals surface area contributed by atoms with Crippen molar-refractivity contribution in [3.63, 3.8) is 0 Å². The van der Waals surface area contributed by atoms with Gasteiger partial charge in [0.05, 0.1) is 0 Å². The molecule has 0 aliphatic carbocycles. The number of halogens is 1. The molecule has 0 aromatic rings. The van der Waals surface area contributed by atoms with Crippen LogP contribution in [0.2, 0.25) is 0 Å². The lowest BCUT2D eigenvalue weighted by atomic mass is 9.88. The molecule has 0 bridgehead atoms. The Bertz CT molecular complexity index is 346. The van der Waals surface area contributed by atoms with Gasteiger partial charge in [-0.3, -0.25) is 4.79 Å². The number of nitroso groups, excluding NO2 is 1. The van der Waals surface area contributed by atoms with Gasteiger partial charge in [-0.15, -0.1) is 23.4 Å². The molecule has 2 amide bonds. The number of amides is 2. The molecule has 0 radical (unpaired) electrons. The molecule has 2 unspecified atom stereocenters. The van der Waals surface area contributed by atoms with E-state index in [1.807, 2.05) is 20.8 Å². The molecule has 8 heteroatoms. The van der Waals surface area contributed by atoms with Crippen molar-refractivity contribution in [3.05, 3.63) is 4.91 Å². The van der Waals surface area contributed by atoms with E-state index >= 15 is 0 Å². The Kier molecular flexibility index (Phi) is 7.36. The average Bonchev–Trinajstić information content (AvgIpc) is 2.34. The highest BCUT2D eigenvalue weighted by Crippen LogP contribution is 2.31. The Labute approximate surface area is 122 Å². The molecular formula is C11H19ClN2O4S. The molecule has 0 fully saturated rings. The van der Waals surface area contributed by atoms with E-state index in [0.717, 1.165) is 4.90 Å². The maximum Gasteiger partial charge on any atom is 0.417 e. The Morgan fingerprint density at radius 3 is 2.26 bits per heavy atom. The number of imide groups is 1. The Hall–Kier alpha value is -0.820. The number of nitrogens with zero attached hydrogens (tertiary/aromatic N) is 2. The number of thioether (sulfide) groups is 1. The van der Waals surface area contributed by atoms with Crippen LogP contribution in [0.3, 0.4) is 0 Å². The summed E-state index contributed by atoms with van der Waals surface area (Å²) in [6, 6.07) is -0.717. The fraction of sp³-hybridized carbons (Fsp3) is 0.818. The van der Waals surface area contributed by atoms with Gasteiger partial charge in [-0.2, -0.15) is 4.91 Å². The van der Waals surface area contributed by atoms with Crippen molar-refractivity contribution in [2.75, 3.05) is 19.2 Å². The summed E-state index contributed by atoms with van der Waals surface area (Å²) in [4.78, 5) is 34.7. The second-order valence-electron chi connectivity index (χ2n) is 4.99. The van der Waals surface area contributed by atoms with Crippen LogP contribution in [-0.4, -0.2) is 47.6 Å². The Balaban J connectivity index is 4.86. The molecule has 110 valence electrons. The molecule has 6 nitrogen and oxygen atoms in total. The highest BCUT2D eigenvalue weighted by molar-refractivity contribution is 7.99. The summed E-state index contributed by atoms with van der Waals surface area (Å²) in [6.07, 6.45) is 0.855. The van der Waals surface area contributed by atoms with Crippen LogP contribution in [0.1, 0.15) is 20.8 Å². The van der Waals surface area contributed by atoms with E-state index in [9.17, 15) is 14.5 Å². The van der Waals surface area contributed by atoms with E-state index in [2.05, 4.69) is 5.18 Å². The number of rotatable bonds is 5. The average molecular weight is 311 g/mol. The Morgan fingerprint density at radius 2 is 1.95 bits per heavy atom. The van der Waals surface area contributed by atoms with Gasteiger partial charge in [-0.05, 0) is 11.7 Å². The first-order chi connectivity index (χ1) is 8.68. The first-order valence-electron chi connectivity index (χ1n) is 5.57. The monoisotopic (exact) mass is 310 g/mol. The third-order valence-corrected chi connectivity index (χ3v) is 3.52. The fourth-order valence-corrected chi connectivity index (χ4v) is 2.30. The maximum atomic E-state index is 11.7. The number of alkyl halides is 1. The minimum Gasteiger partial charge on any atom is -0.432 e. The fourth-order valence-electron chi connectivity index (χ4n) is 1.23. The lowest BCUT2D eigenvalue weighted by Crippen LogP contribution is -2.42. The SMILES string of the molecule is CSC(OC(=O)N(C)C(=O)CCl)C(N=O)C(C)(C)C. The zero-order valence-electron chi connectivity index (χ0n) is 11.7. The van der Waals surface area contributed by atoms with E-state index < -0.39 is 28.9 Å². The van der Waals surface area contributed by atoms with Gasteiger partial charge in [-0.25, -0.2) is 9.69 Å². The van der Waals surface area contributed by atoms with Crippen LogP contribution < -0.4 is 0 Å². The smallest absolute Gasteiger partial charge is 0.417 e. The lowest BCUT2D eigenvalue weighted by molar-refractivity contribution is -0.125. The predicted octanol–water partition coefficient (Wildman–Crippen LogP) is 2.69. The molecule has 0 aliphatic rings. The quantitative estimate of drug-likeness (QED) is 0.443. The molecule has 2 atom stereocenters. The Morgan fingerprint density at radius 1 is 1.42 bits per heavy atom. The number of ether oxygens (including phenoxy) is 1. The van der Waals surface area contributed by atoms with Gasteiger partial charge in [0.1, 0.15) is 11.9 Å². The van der Waals surface area contributed by atoms with E-state index in [1.165, 1.54) is 18.8 Å². The number of carbonyl (C=O) groups excluding carboxylic acids is 2. The van der Waals surface area contributed by atoms with Crippen LogP contribution in [0, 0.1) is 10.3 Å². The standard InChI is InChI=1S/C11H19ClN2O4S/c1-11(2,3)8(13-17)9(19-5)18-10(16)14(4)7(15)6-12/h8-9H,6H2,1-5H3. The summed E-state index contributed by atoms with van der Waals surface area (Å²) >= 11 is 6.54. The van der Waals surface area contributed by atoms with Crippen LogP contribution >= 0.6 is 23.4 Å². The van der Waals surface area contributed by atoms with Crippen molar-refractivity contribution in [2.45, 2.75) is 32.2 Å². The highest BCUT2D eigenvalue weighted by atomic mass is 35.5. The highest BCUT2D eigenvalue weighted by Gasteiger charge is 2.36. The molecule has 0 N–H and O–H groups in total. The molecule has 0 aromatic carbocycles. The van der Waals surface area contributed by atoms with Gasteiger partial charge < -0.3 is 4.74 Å². The van der Waals surface area contributed by atoms with Crippen molar-refractivity contribution in [2.24, 2.45) is 10.6 Å². The van der Waals surface area contributed by atoms with E-state index in [0.29, 0.717) is 0 Å². The van der Waals surface area contributed by atoms with Crippen molar-refractivity contribution in [1.82, 2.24) is 4.90 Å². The topological polar surface area (TPSA) is 76.0 Å². The number of hydrogen-bond acceptors (Lipinski definition) is 6. The van der Waals surface area contributed by atoms with Gasteiger partial charge in [0, 0.05) is 7.05 Å². The molecule has 0 spiro atoms. The van der Waals surface area contributed by atoms with Gasteiger partial charge >= 0.3 is 6.09 Å². The van der Waals surface area contributed by atoms with Crippen LogP contribution in [0.4, 0.5) is 4.79 Å². The zero-order chi connectivity index (χ0) is 15.2. The molecule has 0 aromatic heterocycles. The molecule has 0 aliphatic heterocycles. The van der Waals surface area contributed by atoms with Gasteiger partial charge in [0.2, 0.25) is 5.91 Å². The predicted molar refractivity (Wildman–Crippen MR) is 76.3 cm³/mol. The summed E-state index contributed by atoms with van der Waals surface area (Å²) in [5.74, 6) is -0.887. The largest absolute Gasteiger partial charge is 0.432 e. The summed E-state index contributed by atoms with van der Waals surface area (Å²) in [6.45, 7) is 5.47. The van der Waals surface area contributed by atoms with E-state index in [4.69, 9.17) is 16.3 Å². The maximum absolute atomic E-state index is 11.7. The van der Waals surface area contributed by atoms with Crippen LogP contribution in [-0.2, 0) is 9.53 Å². The first kappa shape index (κ1) is 18.2. The summed E-state index contributed by atoms with van der Waals surface area (Å²) in [7, 11) is 1.27. The number of carbonyl (C=O) groups is 2. The summed E-state index contributed by atoms with van der Waals surface area (Å²) in [5.41, 5.74) is -1.21. The minimum atomic E-state index is -0.845. The summed E-state index contributed by atoms with van der Waals surface area (Å²) < 4.78 is 5.14. The lowest BCUT2D eigenvalue weighted by Gasteiger charge is -2.30. The van der Waals surface area contributed by atoms with Gasteiger partial charge in [0.15, 0.2) is 5.44 Å². The summed E-state index contributed by atoms with van der Waals surface area (Å²) in [5, 5.41) is 3.03. The van der Waals surface area contributed by atoms with Crippen molar-refractivity contribution in [1.29, 1.82) is 0 Å². The molecule has 0 heterocycles. The minimum absolute atomic E-state index is 0.315. The molecule has 0 saturated heterocycles. The van der Waals surface area contributed by atoms with E-state index in [1.54, 1.807) is 6.26 Å². The van der Waals surface area contributed by atoms with E-state index in [-0.39, 0.29) is 5.88 Å². The second kappa shape index (κ2) is 7.69. The van der Waals surface area contributed by atoms with Crippen molar-refractivity contribution in [3.8, 4) is 0 Å². The normalized spacial score (nSPS) is 14.4. The second-order valence-corrected chi connectivity index (χ2v) is 6.19. The van der Waals surface area contributed by atoms with Gasteiger partial charge in [0.25, 0.3) is 0 Å². The van der Waals surface area contributed by atoms with Gasteiger partial charge in [-0.1, -0.05) is 25.9 Å². The third kappa shape index (κ3) is 5.36. The molecular weight excluding hydrogens is 292 g/mol. The molecule has 0 saturated carbocycles. The third-order valence-electron chi connectivity index (χ3n) is 2.47. The zero-order valence-corrected chi connectivity index (χ0v) is 13.2. The van der Waals surface area contributed by atoms with Crippen LogP contribution in [0.25, 0.3) is 0 Å². The van der Waals surface area contributed by atoms with Crippen molar-refractivity contribution >= 4 is 35.4 Å². The molecule has 19 heavy (non-hydrogen) atoms. The van der Waals surface area contributed by atoms with Crippen molar-refractivity contribution < 1.29 is 14.3 Å². The van der Waals surface area contributed by atoms with Crippen LogP contribution in [0.15, 0.2) is 5.18 Å². The molecule has 0 rings (SSSR count). The number of hydrogen-bond donors (Lipinski definition) is 0. The first-order valence-corrected chi connectivity index (χ1v) is 7.39. The van der Waals surface area contributed by atoms with Crippen LogP contribution in [0.5, 0.6) is 0 Å².